The highest BCUT2D eigenvalue weighted by Gasteiger charge is 2.23. The molecule has 0 fully saturated rings. The van der Waals surface area contributed by atoms with E-state index in [4.69, 9.17) is 15.6 Å². The number of rotatable bonds is 5. The van der Waals surface area contributed by atoms with Gasteiger partial charge in [-0.25, -0.2) is 4.79 Å². The lowest BCUT2D eigenvalue weighted by molar-refractivity contribution is -0.384. The molecule has 1 aromatic rings. The van der Waals surface area contributed by atoms with Gasteiger partial charge >= 0.3 is 5.97 Å². The van der Waals surface area contributed by atoms with Gasteiger partial charge in [0, 0.05) is 19.1 Å². The molecule has 0 aliphatic carbocycles. The Morgan fingerprint density at radius 3 is 2.71 bits per heavy atom. The Hall–Kier alpha value is -2.15. The lowest BCUT2D eigenvalue weighted by atomic mass is 10.0. The van der Waals surface area contributed by atoms with Crippen molar-refractivity contribution in [3.8, 4) is 0 Å². The molecule has 0 aliphatic rings. The first kappa shape index (κ1) is 12.9. The molecule has 0 aromatic heterocycles. The molecule has 0 radical (unpaired) electrons. The van der Waals surface area contributed by atoms with Crippen LogP contribution in [-0.4, -0.2) is 29.7 Å². The van der Waals surface area contributed by atoms with E-state index in [2.05, 4.69) is 0 Å². The molecule has 0 amide bonds. The highest BCUT2D eigenvalue weighted by Crippen LogP contribution is 2.30. The first-order chi connectivity index (χ1) is 7.99. The number of hydrogen-bond acceptors (Lipinski definition) is 5. The molecule has 0 bridgehead atoms. The van der Waals surface area contributed by atoms with E-state index < -0.39 is 10.9 Å². The second-order valence-corrected chi connectivity index (χ2v) is 3.34. The van der Waals surface area contributed by atoms with Crippen LogP contribution < -0.4 is 5.73 Å². The zero-order valence-electron chi connectivity index (χ0n) is 9.17. The first-order valence-corrected chi connectivity index (χ1v) is 4.77. The van der Waals surface area contributed by atoms with Crippen molar-refractivity contribution >= 4 is 17.3 Å². The Balaban J connectivity index is 3.29. The Labute approximate surface area is 97.0 Å². The van der Waals surface area contributed by atoms with E-state index in [9.17, 15) is 14.9 Å². The number of anilines is 1. The van der Waals surface area contributed by atoms with Crippen LogP contribution in [0.3, 0.4) is 0 Å². The van der Waals surface area contributed by atoms with Gasteiger partial charge in [0.15, 0.2) is 0 Å². The molecule has 0 spiro atoms. The zero-order chi connectivity index (χ0) is 13.0. The average Bonchev–Trinajstić information content (AvgIpc) is 2.25. The van der Waals surface area contributed by atoms with Crippen molar-refractivity contribution in [2.75, 3.05) is 19.5 Å². The van der Waals surface area contributed by atoms with Crippen LogP contribution in [0.15, 0.2) is 12.1 Å². The standard InChI is InChI=1S/C10H12N2O5/c1-17-5-4-6-2-3-7(10(13)14)8(11)9(6)12(15)16/h2-3H,4-5,11H2,1H3,(H,13,14). The van der Waals surface area contributed by atoms with E-state index in [1.54, 1.807) is 0 Å². The third-order valence-electron chi connectivity index (χ3n) is 2.29. The number of hydrogen-bond donors (Lipinski definition) is 2. The molecule has 0 aliphatic heterocycles. The number of nitrogens with two attached hydrogens (primary N) is 1. The van der Waals surface area contributed by atoms with Crippen molar-refractivity contribution in [3.05, 3.63) is 33.4 Å². The molecular weight excluding hydrogens is 228 g/mol. The predicted molar refractivity (Wildman–Crippen MR) is 60.0 cm³/mol. The lowest BCUT2D eigenvalue weighted by Gasteiger charge is -2.07. The minimum Gasteiger partial charge on any atom is -0.478 e. The third-order valence-corrected chi connectivity index (χ3v) is 2.29. The number of methoxy groups -OCH3 is 1. The fourth-order valence-electron chi connectivity index (χ4n) is 1.47. The predicted octanol–water partition coefficient (Wildman–Crippen LogP) is 1.06. The number of carboxylic acid groups (broad SMARTS) is 1. The van der Waals surface area contributed by atoms with Crippen molar-refractivity contribution in [2.45, 2.75) is 6.42 Å². The van der Waals surface area contributed by atoms with E-state index in [1.165, 1.54) is 19.2 Å². The summed E-state index contributed by atoms with van der Waals surface area (Å²) in [5, 5.41) is 19.7. The molecule has 1 aromatic carbocycles. The molecule has 0 saturated carbocycles. The van der Waals surface area contributed by atoms with Crippen LogP contribution in [0.1, 0.15) is 15.9 Å². The summed E-state index contributed by atoms with van der Waals surface area (Å²) in [7, 11) is 1.47. The van der Waals surface area contributed by atoms with Crippen molar-refractivity contribution < 1.29 is 19.6 Å². The normalized spacial score (nSPS) is 10.2. The van der Waals surface area contributed by atoms with E-state index >= 15 is 0 Å². The number of aromatic carboxylic acids is 1. The van der Waals surface area contributed by atoms with Gasteiger partial charge in [0.25, 0.3) is 5.69 Å². The quantitative estimate of drug-likeness (QED) is 0.451. The number of nitro benzene ring substituents is 1. The maximum atomic E-state index is 10.9. The molecule has 7 nitrogen and oxygen atoms in total. The van der Waals surface area contributed by atoms with E-state index in [1.807, 2.05) is 0 Å². The van der Waals surface area contributed by atoms with Gasteiger partial charge in [0.05, 0.1) is 17.1 Å². The fraction of sp³-hybridized carbons (Fsp3) is 0.300. The third kappa shape index (κ3) is 2.70. The molecular formula is C10H12N2O5. The lowest BCUT2D eigenvalue weighted by Crippen LogP contribution is -2.09. The Morgan fingerprint density at radius 1 is 1.59 bits per heavy atom. The van der Waals surface area contributed by atoms with E-state index in [0.717, 1.165) is 0 Å². The van der Waals surface area contributed by atoms with Crippen LogP contribution >= 0.6 is 0 Å². The largest absolute Gasteiger partial charge is 0.478 e. The van der Waals surface area contributed by atoms with Crippen molar-refractivity contribution in [1.29, 1.82) is 0 Å². The molecule has 92 valence electrons. The first-order valence-electron chi connectivity index (χ1n) is 4.77. The number of carbonyl (C=O) groups is 1. The molecule has 0 heterocycles. The Bertz CT molecular complexity index is 458. The monoisotopic (exact) mass is 240 g/mol. The number of carboxylic acids is 1. The molecule has 0 unspecified atom stereocenters. The minimum absolute atomic E-state index is 0.266. The number of nitrogen functional groups attached to an aromatic ring is 1. The minimum atomic E-state index is -1.29. The van der Waals surface area contributed by atoms with Gasteiger partial charge in [-0.1, -0.05) is 6.07 Å². The highest BCUT2D eigenvalue weighted by atomic mass is 16.6. The summed E-state index contributed by atoms with van der Waals surface area (Å²) in [5.74, 6) is -1.29. The van der Waals surface area contributed by atoms with Gasteiger partial charge in [-0.15, -0.1) is 0 Å². The molecule has 0 saturated heterocycles. The number of ether oxygens (including phenoxy) is 1. The second-order valence-electron chi connectivity index (χ2n) is 3.34. The number of benzene rings is 1. The van der Waals surface area contributed by atoms with Crippen LogP contribution in [0.2, 0.25) is 0 Å². The molecule has 17 heavy (non-hydrogen) atoms. The van der Waals surface area contributed by atoms with E-state index in [-0.39, 0.29) is 16.9 Å². The zero-order valence-corrected chi connectivity index (χ0v) is 9.17. The summed E-state index contributed by atoms with van der Waals surface area (Å²) in [6, 6.07) is 2.65. The van der Waals surface area contributed by atoms with Gasteiger partial charge in [-0.05, 0) is 6.07 Å². The molecule has 0 atom stereocenters. The van der Waals surface area contributed by atoms with Crippen molar-refractivity contribution in [2.24, 2.45) is 0 Å². The number of nitrogens with zero attached hydrogens (tertiary/aromatic N) is 1. The summed E-state index contributed by atoms with van der Waals surface area (Å²) in [6.45, 7) is 0.298. The van der Waals surface area contributed by atoms with Gasteiger partial charge in [-0.3, -0.25) is 10.1 Å². The average molecular weight is 240 g/mol. The van der Waals surface area contributed by atoms with Crippen LogP contribution in [0.5, 0.6) is 0 Å². The summed E-state index contributed by atoms with van der Waals surface area (Å²) in [4.78, 5) is 21.0. The summed E-state index contributed by atoms with van der Waals surface area (Å²) >= 11 is 0. The maximum absolute atomic E-state index is 10.9. The van der Waals surface area contributed by atoms with Crippen molar-refractivity contribution in [3.63, 3.8) is 0 Å². The molecule has 3 N–H and O–H groups in total. The van der Waals surface area contributed by atoms with Gasteiger partial charge in [0.1, 0.15) is 5.69 Å². The molecule has 7 heteroatoms. The van der Waals surface area contributed by atoms with Crippen LogP contribution in [0.25, 0.3) is 0 Å². The van der Waals surface area contributed by atoms with Gasteiger partial charge < -0.3 is 15.6 Å². The maximum Gasteiger partial charge on any atom is 0.338 e. The topological polar surface area (TPSA) is 116 Å². The summed E-state index contributed by atoms with van der Waals surface area (Å²) in [6.07, 6.45) is 0.302. The fourth-order valence-corrected chi connectivity index (χ4v) is 1.47. The van der Waals surface area contributed by atoms with Crippen LogP contribution in [0.4, 0.5) is 11.4 Å². The van der Waals surface area contributed by atoms with Gasteiger partial charge in [-0.2, -0.15) is 0 Å². The van der Waals surface area contributed by atoms with E-state index in [0.29, 0.717) is 18.6 Å². The molecule has 1 rings (SSSR count). The SMILES string of the molecule is COCCc1ccc(C(=O)O)c(N)c1[N+](=O)[O-]. The number of nitro groups is 1. The summed E-state index contributed by atoms with van der Waals surface area (Å²) < 4.78 is 4.82. The smallest absolute Gasteiger partial charge is 0.338 e. The van der Waals surface area contributed by atoms with Crippen LogP contribution in [0, 0.1) is 10.1 Å². The Kier molecular flexibility index (Phi) is 4.00. The van der Waals surface area contributed by atoms with Crippen LogP contribution in [-0.2, 0) is 11.2 Å². The summed E-state index contributed by atoms with van der Waals surface area (Å²) in [5.41, 5.74) is 4.91. The Morgan fingerprint density at radius 2 is 2.24 bits per heavy atom. The van der Waals surface area contributed by atoms with Crippen molar-refractivity contribution in [1.82, 2.24) is 0 Å². The van der Waals surface area contributed by atoms with Gasteiger partial charge in [0.2, 0.25) is 0 Å². The second kappa shape index (κ2) is 5.26. The highest BCUT2D eigenvalue weighted by molar-refractivity contribution is 5.96.